The molecule has 5 aromatic rings. The molecule has 0 spiro atoms. The Morgan fingerprint density at radius 1 is 1.04 bits per heavy atom. The Kier molecular flexibility index (Phi) is 10.5. The standard InChI is InChI=1S/C25H23F2N7O4.C7H7N3/c1-14-9-24(28-13-30-29-12-19(14)25-34-33-15(2)37-25)38-21-8-7-18(10-20(21)27)32-23(36)11-22(35)31-17-5-3-16(26)4-6-17;1-6-2-3-10-7(6)4-8-5-9-10/h3-8,10,12-14,29H,9,11H2,1-2H3,(H,31,35)(H,32,36);2-5H,1H3/b19-12+,28-24?,30-13-;. The van der Waals surface area contributed by atoms with E-state index in [1.54, 1.807) is 13.1 Å². The van der Waals surface area contributed by atoms with Crippen molar-refractivity contribution in [1.82, 2.24) is 30.2 Å². The minimum Gasteiger partial charge on any atom is -0.440 e. The van der Waals surface area contributed by atoms with Gasteiger partial charge in [-0.1, -0.05) is 6.92 Å². The first-order chi connectivity index (χ1) is 23.1. The third-order valence-corrected chi connectivity index (χ3v) is 6.79. The highest BCUT2D eigenvalue weighted by Crippen LogP contribution is 2.27. The van der Waals surface area contributed by atoms with E-state index in [4.69, 9.17) is 9.15 Å². The van der Waals surface area contributed by atoms with Crippen LogP contribution in [0.3, 0.4) is 0 Å². The number of nitrogens with zero attached hydrogens (tertiary/aromatic N) is 7. The molecule has 0 bridgehead atoms. The smallest absolute Gasteiger partial charge is 0.245 e. The average molecular weight is 657 g/mol. The maximum atomic E-state index is 14.8. The highest BCUT2D eigenvalue weighted by molar-refractivity contribution is 6.08. The van der Waals surface area contributed by atoms with Gasteiger partial charge in [0.05, 0.1) is 11.7 Å². The maximum absolute atomic E-state index is 14.8. The van der Waals surface area contributed by atoms with Crippen molar-refractivity contribution in [2.75, 3.05) is 10.6 Å². The molecule has 0 fully saturated rings. The van der Waals surface area contributed by atoms with Crippen LogP contribution in [0.5, 0.6) is 5.75 Å². The van der Waals surface area contributed by atoms with Crippen molar-refractivity contribution in [1.29, 1.82) is 0 Å². The number of halogens is 2. The first-order valence-electron chi connectivity index (χ1n) is 14.6. The molecule has 2 amide bonds. The summed E-state index contributed by atoms with van der Waals surface area (Å²) in [6.07, 6.45) is 7.85. The van der Waals surface area contributed by atoms with Crippen molar-refractivity contribution in [3.63, 3.8) is 0 Å². The fraction of sp³-hybridized carbons (Fsp3) is 0.188. The maximum Gasteiger partial charge on any atom is 0.245 e. The van der Waals surface area contributed by atoms with E-state index < -0.39 is 29.9 Å². The number of hydrogen-bond donors (Lipinski definition) is 3. The number of hydrazone groups is 1. The van der Waals surface area contributed by atoms with Gasteiger partial charge in [-0.05, 0) is 60.9 Å². The van der Waals surface area contributed by atoms with E-state index in [1.165, 1.54) is 54.6 Å². The molecule has 0 saturated carbocycles. The summed E-state index contributed by atoms with van der Waals surface area (Å²) in [5, 5.41) is 20.7. The van der Waals surface area contributed by atoms with Crippen LogP contribution >= 0.6 is 0 Å². The van der Waals surface area contributed by atoms with Gasteiger partial charge in [0.2, 0.25) is 23.6 Å². The number of ether oxygens (including phenoxy) is 1. The van der Waals surface area contributed by atoms with Crippen LogP contribution < -0.4 is 20.8 Å². The van der Waals surface area contributed by atoms with E-state index in [0.29, 0.717) is 23.0 Å². The molecule has 1 atom stereocenters. The zero-order valence-corrected chi connectivity index (χ0v) is 26.0. The van der Waals surface area contributed by atoms with Crippen molar-refractivity contribution in [3.05, 3.63) is 102 Å². The Hall–Kier alpha value is -6.32. The van der Waals surface area contributed by atoms with Crippen LogP contribution in [-0.2, 0) is 9.59 Å². The van der Waals surface area contributed by atoms with Crippen LogP contribution in [0.2, 0.25) is 0 Å². The number of hydrogen-bond acceptors (Lipinski definition) is 11. The van der Waals surface area contributed by atoms with E-state index >= 15 is 0 Å². The van der Waals surface area contributed by atoms with Gasteiger partial charge in [-0.3, -0.25) is 15.0 Å². The number of nitrogens with one attached hydrogen (secondary N) is 3. The number of amides is 2. The van der Waals surface area contributed by atoms with Crippen molar-refractivity contribution in [2.45, 2.75) is 33.6 Å². The molecule has 14 nitrogen and oxygen atoms in total. The molecule has 0 aliphatic carbocycles. The predicted octanol–water partition coefficient (Wildman–Crippen LogP) is 5.05. The first-order valence-corrected chi connectivity index (χ1v) is 14.6. The number of anilines is 2. The topological polar surface area (TPSA) is 173 Å². The van der Waals surface area contributed by atoms with Gasteiger partial charge >= 0.3 is 0 Å². The number of benzene rings is 2. The fourth-order valence-corrected chi connectivity index (χ4v) is 4.41. The largest absolute Gasteiger partial charge is 0.440 e. The summed E-state index contributed by atoms with van der Waals surface area (Å²) in [4.78, 5) is 32.3. The molecule has 16 heteroatoms. The number of rotatable bonds is 6. The minimum absolute atomic E-state index is 0.122. The number of allylic oxidation sites excluding steroid dienone is 1. The van der Waals surface area contributed by atoms with Gasteiger partial charge in [-0.25, -0.2) is 23.3 Å². The Labute approximate surface area is 272 Å². The van der Waals surface area contributed by atoms with Crippen LogP contribution in [0.15, 0.2) is 88.0 Å². The van der Waals surface area contributed by atoms with E-state index in [2.05, 4.69) is 46.4 Å². The van der Waals surface area contributed by atoms with Crippen molar-refractivity contribution < 1.29 is 27.5 Å². The summed E-state index contributed by atoms with van der Waals surface area (Å²) >= 11 is 0. The summed E-state index contributed by atoms with van der Waals surface area (Å²) in [6.45, 7) is 5.60. The number of fused-ring (bicyclic) bond motifs is 1. The van der Waals surface area contributed by atoms with Crippen molar-refractivity contribution >= 4 is 46.5 Å². The molecule has 1 unspecified atom stereocenters. The molecule has 48 heavy (non-hydrogen) atoms. The van der Waals surface area contributed by atoms with Gasteiger partial charge in [0.25, 0.3) is 0 Å². The van der Waals surface area contributed by atoms with Crippen molar-refractivity contribution in [2.24, 2.45) is 16.0 Å². The van der Waals surface area contributed by atoms with Gasteiger partial charge in [-0.15, -0.1) is 10.2 Å². The van der Waals surface area contributed by atoms with Gasteiger partial charge in [0.15, 0.2) is 17.5 Å². The molecule has 3 aromatic heterocycles. The molecule has 4 heterocycles. The monoisotopic (exact) mass is 656 g/mol. The molecule has 0 saturated heterocycles. The lowest BCUT2D eigenvalue weighted by Crippen LogP contribution is -2.21. The third kappa shape index (κ3) is 8.90. The summed E-state index contributed by atoms with van der Waals surface area (Å²) in [6, 6.07) is 10.9. The Morgan fingerprint density at radius 3 is 2.50 bits per heavy atom. The molecule has 246 valence electrons. The molecule has 2 aromatic carbocycles. The second-order valence-electron chi connectivity index (χ2n) is 10.5. The number of aromatic nitrogens is 5. The number of aryl methyl sites for hydroxylation is 2. The summed E-state index contributed by atoms with van der Waals surface area (Å²) in [5.41, 5.74) is 6.14. The molecule has 1 aliphatic rings. The summed E-state index contributed by atoms with van der Waals surface area (Å²) in [5.74, 6) is -1.90. The molecule has 1 aliphatic heterocycles. The summed E-state index contributed by atoms with van der Waals surface area (Å²) < 4.78 is 40.8. The molecular weight excluding hydrogens is 626 g/mol. The normalized spacial score (nSPS) is 16.0. The van der Waals surface area contributed by atoms with Crippen LogP contribution in [0.25, 0.3) is 11.1 Å². The molecule has 3 N–H and O–H groups in total. The Bertz CT molecular complexity index is 2000. The molecule has 0 radical (unpaired) electrons. The quantitative estimate of drug-likeness (QED) is 0.211. The second kappa shape index (κ2) is 15.3. The van der Waals surface area contributed by atoms with Gasteiger partial charge in [0, 0.05) is 48.8 Å². The van der Waals surface area contributed by atoms with E-state index in [9.17, 15) is 18.4 Å². The zero-order chi connectivity index (χ0) is 34.0. The van der Waals surface area contributed by atoms with Crippen LogP contribution in [-0.4, -0.2) is 48.8 Å². The lowest BCUT2D eigenvalue weighted by Gasteiger charge is -2.15. The van der Waals surface area contributed by atoms with E-state index in [1.807, 2.05) is 36.8 Å². The average Bonchev–Trinajstić information content (AvgIpc) is 3.67. The lowest BCUT2D eigenvalue weighted by molar-refractivity contribution is -0.123. The lowest BCUT2D eigenvalue weighted by atomic mass is 9.98. The summed E-state index contributed by atoms with van der Waals surface area (Å²) in [7, 11) is 0. The zero-order valence-electron chi connectivity index (χ0n) is 26.0. The molecular formula is C32H30F2N10O4. The number of carbonyl (C=O) groups excluding carboxylic acids is 2. The third-order valence-electron chi connectivity index (χ3n) is 6.79. The Balaban J connectivity index is 0.000000380. The second-order valence-corrected chi connectivity index (χ2v) is 10.5. The Morgan fingerprint density at radius 2 is 1.79 bits per heavy atom. The van der Waals surface area contributed by atoms with Crippen LogP contribution in [0.1, 0.15) is 37.1 Å². The molecule has 6 rings (SSSR count). The predicted molar refractivity (Wildman–Crippen MR) is 173 cm³/mol. The van der Waals surface area contributed by atoms with Gasteiger partial charge in [0.1, 0.15) is 24.9 Å². The van der Waals surface area contributed by atoms with E-state index in [-0.39, 0.29) is 29.7 Å². The highest BCUT2D eigenvalue weighted by atomic mass is 19.1. The number of aliphatic imine (C=N–C) groups is 1. The first kappa shape index (κ1) is 33.1. The highest BCUT2D eigenvalue weighted by Gasteiger charge is 2.22. The number of carbonyl (C=O) groups is 2. The SMILES string of the molecule is Cc1ccn2ncncc12.Cc1nnc(/C2=C/N/N=C\N=C(Oc3ccc(NC(=O)CC(=O)Nc4ccc(F)cc4)cc3F)CC2C)o1. The fourth-order valence-electron chi connectivity index (χ4n) is 4.41. The van der Waals surface area contributed by atoms with Crippen LogP contribution in [0.4, 0.5) is 20.2 Å². The van der Waals surface area contributed by atoms with E-state index in [0.717, 1.165) is 11.6 Å². The van der Waals surface area contributed by atoms with Gasteiger partial charge < -0.3 is 19.8 Å². The van der Waals surface area contributed by atoms with Gasteiger partial charge in [-0.2, -0.15) is 10.2 Å². The minimum atomic E-state index is -0.757. The van der Waals surface area contributed by atoms with Crippen molar-refractivity contribution in [3.8, 4) is 5.75 Å². The van der Waals surface area contributed by atoms with Crippen LogP contribution in [0, 0.1) is 31.4 Å².